The summed E-state index contributed by atoms with van der Waals surface area (Å²) in [5.41, 5.74) is 1.02. The van der Waals surface area contributed by atoms with Gasteiger partial charge in [-0.3, -0.25) is 4.68 Å². The number of aromatic nitrogens is 3. The maximum Gasteiger partial charge on any atom is 0.0843 e. The summed E-state index contributed by atoms with van der Waals surface area (Å²) in [6.07, 6.45) is 5.49. The quantitative estimate of drug-likeness (QED) is 0.767. The van der Waals surface area contributed by atoms with Crippen molar-refractivity contribution in [3.63, 3.8) is 0 Å². The first-order valence-electron chi connectivity index (χ1n) is 5.43. The molecule has 1 N–H and O–H groups in total. The van der Waals surface area contributed by atoms with Crippen molar-refractivity contribution in [2.24, 2.45) is 7.05 Å². The van der Waals surface area contributed by atoms with Crippen LogP contribution < -0.4 is 5.32 Å². The van der Waals surface area contributed by atoms with E-state index in [1.54, 1.807) is 4.68 Å². The third kappa shape index (κ3) is 2.54. The van der Waals surface area contributed by atoms with Crippen LogP contribution in [0.2, 0.25) is 0 Å². The van der Waals surface area contributed by atoms with E-state index in [0.29, 0.717) is 12.1 Å². The van der Waals surface area contributed by atoms with Crippen LogP contribution in [0.4, 0.5) is 0 Å². The first-order valence-corrected chi connectivity index (χ1v) is 5.43. The van der Waals surface area contributed by atoms with Crippen LogP contribution in [0.3, 0.4) is 0 Å². The van der Waals surface area contributed by atoms with Crippen LogP contribution >= 0.6 is 0 Å². The molecule has 1 aliphatic rings. The second kappa shape index (κ2) is 4.72. The molecule has 2 rings (SSSR count). The van der Waals surface area contributed by atoms with Gasteiger partial charge in [0.15, 0.2) is 0 Å². The van der Waals surface area contributed by atoms with Gasteiger partial charge in [0.25, 0.3) is 0 Å². The van der Waals surface area contributed by atoms with E-state index in [-0.39, 0.29) is 0 Å². The Kier molecular flexibility index (Phi) is 3.33. The highest BCUT2D eigenvalue weighted by molar-refractivity contribution is 4.98. The van der Waals surface area contributed by atoms with Gasteiger partial charge in [-0.25, -0.2) is 0 Å². The number of aryl methyl sites for hydroxylation is 1. The molecule has 2 heterocycles. The molecule has 0 amide bonds. The molecule has 1 aromatic heterocycles. The number of hydrogen-bond donors (Lipinski definition) is 1. The van der Waals surface area contributed by atoms with Crippen molar-refractivity contribution in [2.75, 3.05) is 13.7 Å². The predicted octanol–water partition coefficient (Wildman–Crippen LogP) is 0.125. The first kappa shape index (κ1) is 10.6. The molecule has 0 aromatic carbocycles. The normalized spacial score (nSPS) is 23.2. The van der Waals surface area contributed by atoms with Crippen LogP contribution in [0, 0.1) is 0 Å². The molecular weight excluding hydrogens is 192 g/mol. The standard InChI is InChI=1S/C10H18N4O/c1-11-9(10-4-3-5-15-10)6-8-7-14(2)13-12-8/h7,9-11H,3-6H2,1-2H3. The second-order valence-electron chi connectivity index (χ2n) is 4.03. The van der Waals surface area contributed by atoms with Crippen LogP contribution in [0.1, 0.15) is 18.5 Å². The van der Waals surface area contributed by atoms with Gasteiger partial charge in [-0.15, -0.1) is 5.10 Å². The fourth-order valence-electron chi connectivity index (χ4n) is 2.05. The Morgan fingerprint density at radius 3 is 3.13 bits per heavy atom. The fourth-order valence-corrected chi connectivity index (χ4v) is 2.05. The van der Waals surface area contributed by atoms with Crippen LogP contribution in [-0.2, 0) is 18.2 Å². The summed E-state index contributed by atoms with van der Waals surface area (Å²) >= 11 is 0. The van der Waals surface area contributed by atoms with E-state index >= 15 is 0 Å². The Bertz CT molecular complexity index is 306. The van der Waals surface area contributed by atoms with Crippen molar-refractivity contribution < 1.29 is 4.74 Å². The van der Waals surface area contributed by atoms with Gasteiger partial charge >= 0.3 is 0 Å². The average Bonchev–Trinajstić information content (AvgIpc) is 2.85. The number of likely N-dealkylation sites (N-methyl/N-ethyl adjacent to an activating group) is 1. The number of hydrogen-bond acceptors (Lipinski definition) is 4. The van der Waals surface area contributed by atoms with E-state index in [2.05, 4.69) is 15.6 Å². The Hall–Kier alpha value is -0.940. The molecule has 2 atom stereocenters. The van der Waals surface area contributed by atoms with Crippen LogP contribution in [-0.4, -0.2) is 40.8 Å². The van der Waals surface area contributed by atoms with E-state index < -0.39 is 0 Å². The summed E-state index contributed by atoms with van der Waals surface area (Å²) in [6, 6.07) is 0.351. The van der Waals surface area contributed by atoms with E-state index in [1.807, 2.05) is 20.3 Å². The lowest BCUT2D eigenvalue weighted by molar-refractivity contribution is 0.0805. The van der Waals surface area contributed by atoms with Gasteiger partial charge in [0, 0.05) is 32.3 Å². The Morgan fingerprint density at radius 1 is 1.73 bits per heavy atom. The maximum absolute atomic E-state index is 5.67. The van der Waals surface area contributed by atoms with Gasteiger partial charge in [0.2, 0.25) is 0 Å². The molecule has 1 aliphatic heterocycles. The molecule has 1 aromatic rings. The van der Waals surface area contributed by atoms with E-state index in [0.717, 1.165) is 25.1 Å². The molecular formula is C10H18N4O. The number of ether oxygens (including phenoxy) is 1. The molecule has 0 spiro atoms. The summed E-state index contributed by atoms with van der Waals surface area (Å²) in [5.74, 6) is 0. The lowest BCUT2D eigenvalue weighted by atomic mass is 10.0. The number of nitrogens with one attached hydrogen (secondary N) is 1. The van der Waals surface area contributed by atoms with Crippen molar-refractivity contribution in [1.29, 1.82) is 0 Å². The highest BCUT2D eigenvalue weighted by Crippen LogP contribution is 2.17. The molecule has 5 heteroatoms. The Morgan fingerprint density at radius 2 is 2.60 bits per heavy atom. The zero-order valence-electron chi connectivity index (χ0n) is 9.31. The van der Waals surface area contributed by atoms with Crippen molar-refractivity contribution in [1.82, 2.24) is 20.3 Å². The van der Waals surface area contributed by atoms with Crippen molar-refractivity contribution >= 4 is 0 Å². The Balaban J connectivity index is 1.95. The third-order valence-electron chi connectivity index (χ3n) is 2.86. The maximum atomic E-state index is 5.67. The molecule has 1 fully saturated rings. The first-order chi connectivity index (χ1) is 7.29. The zero-order chi connectivity index (χ0) is 10.7. The topological polar surface area (TPSA) is 52.0 Å². The molecule has 0 bridgehead atoms. The van der Waals surface area contributed by atoms with Crippen molar-refractivity contribution in [2.45, 2.75) is 31.4 Å². The van der Waals surface area contributed by atoms with Gasteiger partial charge in [-0.05, 0) is 19.9 Å². The average molecular weight is 210 g/mol. The molecule has 0 radical (unpaired) electrons. The lowest BCUT2D eigenvalue weighted by Crippen LogP contribution is -2.39. The highest BCUT2D eigenvalue weighted by atomic mass is 16.5. The van der Waals surface area contributed by atoms with Gasteiger partial charge in [-0.2, -0.15) is 0 Å². The Labute approximate surface area is 89.8 Å². The number of nitrogens with zero attached hydrogens (tertiary/aromatic N) is 3. The molecule has 15 heavy (non-hydrogen) atoms. The highest BCUT2D eigenvalue weighted by Gasteiger charge is 2.25. The summed E-state index contributed by atoms with van der Waals surface area (Å²) in [7, 11) is 3.86. The lowest BCUT2D eigenvalue weighted by Gasteiger charge is -2.21. The molecule has 84 valence electrons. The minimum absolute atomic E-state index is 0.331. The second-order valence-corrected chi connectivity index (χ2v) is 4.03. The largest absolute Gasteiger partial charge is 0.377 e. The monoisotopic (exact) mass is 210 g/mol. The molecule has 5 nitrogen and oxygen atoms in total. The summed E-state index contributed by atoms with van der Waals surface area (Å²) in [4.78, 5) is 0. The smallest absolute Gasteiger partial charge is 0.0843 e. The van der Waals surface area contributed by atoms with Gasteiger partial charge in [0.05, 0.1) is 11.8 Å². The third-order valence-corrected chi connectivity index (χ3v) is 2.86. The van der Waals surface area contributed by atoms with E-state index in [4.69, 9.17) is 4.74 Å². The molecule has 0 aliphatic carbocycles. The molecule has 1 saturated heterocycles. The van der Waals surface area contributed by atoms with Crippen molar-refractivity contribution in [3.8, 4) is 0 Å². The SMILES string of the molecule is CNC(Cc1cn(C)nn1)C1CCCO1. The predicted molar refractivity (Wildman–Crippen MR) is 56.5 cm³/mol. The minimum Gasteiger partial charge on any atom is -0.377 e. The van der Waals surface area contributed by atoms with Gasteiger partial charge in [-0.1, -0.05) is 5.21 Å². The van der Waals surface area contributed by atoms with E-state index in [1.165, 1.54) is 6.42 Å². The molecule has 0 saturated carbocycles. The van der Waals surface area contributed by atoms with Gasteiger partial charge < -0.3 is 10.1 Å². The fraction of sp³-hybridized carbons (Fsp3) is 0.800. The minimum atomic E-state index is 0.331. The van der Waals surface area contributed by atoms with Crippen LogP contribution in [0.15, 0.2) is 6.20 Å². The molecule has 2 unspecified atom stereocenters. The summed E-state index contributed by atoms with van der Waals surface area (Å²) in [6.45, 7) is 0.892. The summed E-state index contributed by atoms with van der Waals surface area (Å²) in [5, 5.41) is 11.3. The van der Waals surface area contributed by atoms with Crippen LogP contribution in [0.5, 0.6) is 0 Å². The van der Waals surface area contributed by atoms with Gasteiger partial charge in [0.1, 0.15) is 0 Å². The number of rotatable bonds is 4. The summed E-state index contributed by atoms with van der Waals surface area (Å²) < 4.78 is 7.40. The van der Waals surface area contributed by atoms with Crippen molar-refractivity contribution in [3.05, 3.63) is 11.9 Å². The zero-order valence-corrected chi connectivity index (χ0v) is 9.31. The van der Waals surface area contributed by atoms with Crippen LogP contribution in [0.25, 0.3) is 0 Å². The van der Waals surface area contributed by atoms with E-state index in [9.17, 15) is 0 Å².